The lowest BCUT2D eigenvalue weighted by molar-refractivity contribution is -0.191. The predicted octanol–water partition coefficient (Wildman–Crippen LogP) is -0.972. The minimum Gasteiger partial charge on any atom is -0.463 e. The predicted molar refractivity (Wildman–Crippen MR) is 61.7 cm³/mol. The van der Waals surface area contributed by atoms with E-state index in [9.17, 15) is 14.4 Å². The van der Waals surface area contributed by atoms with E-state index in [1.165, 1.54) is 20.8 Å². The number of carbonyl (C=O) groups is 3. The first-order valence-corrected chi connectivity index (χ1v) is 5.84. The van der Waals surface area contributed by atoms with Crippen LogP contribution in [0.15, 0.2) is 0 Å². The number of hydrogen-bond donors (Lipinski definition) is 1. The van der Waals surface area contributed by atoms with Crippen LogP contribution < -0.4 is 5.90 Å². The number of ether oxygens (including phenoxy) is 4. The Balaban J connectivity index is 2.84. The van der Waals surface area contributed by atoms with Gasteiger partial charge in [-0.05, 0) is 0 Å². The van der Waals surface area contributed by atoms with Crippen molar-refractivity contribution >= 4 is 17.9 Å². The van der Waals surface area contributed by atoms with E-state index < -0.39 is 42.5 Å². The van der Waals surface area contributed by atoms with Gasteiger partial charge in [-0.25, -0.2) is 5.90 Å². The van der Waals surface area contributed by atoms with Gasteiger partial charge in [-0.1, -0.05) is 0 Å². The van der Waals surface area contributed by atoms with Crippen molar-refractivity contribution in [1.82, 2.24) is 0 Å². The van der Waals surface area contributed by atoms with E-state index in [1.807, 2.05) is 0 Å². The van der Waals surface area contributed by atoms with Gasteiger partial charge in [0.1, 0.15) is 12.7 Å². The lowest BCUT2D eigenvalue weighted by Crippen LogP contribution is -2.42. The van der Waals surface area contributed by atoms with Crippen molar-refractivity contribution in [3.8, 4) is 0 Å². The molecule has 0 bridgehead atoms. The third kappa shape index (κ3) is 4.44. The molecule has 0 saturated carbocycles. The van der Waals surface area contributed by atoms with E-state index in [1.54, 1.807) is 0 Å². The van der Waals surface area contributed by atoms with Gasteiger partial charge in [0, 0.05) is 20.8 Å². The monoisotopic (exact) mass is 291 g/mol. The average Bonchev–Trinajstić information content (AvgIpc) is 2.63. The first kappa shape index (κ1) is 16.3. The maximum absolute atomic E-state index is 11.1. The van der Waals surface area contributed by atoms with Crippen LogP contribution in [0, 0.1) is 0 Å². The van der Waals surface area contributed by atoms with Crippen LogP contribution >= 0.6 is 0 Å². The number of carbonyl (C=O) groups excluding carboxylic acids is 3. The smallest absolute Gasteiger partial charge is 0.303 e. The fourth-order valence-corrected chi connectivity index (χ4v) is 1.79. The summed E-state index contributed by atoms with van der Waals surface area (Å²) >= 11 is 0. The molecule has 1 aliphatic heterocycles. The van der Waals surface area contributed by atoms with Gasteiger partial charge in [0.2, 0.25) is 6.29 Å². The third-order valence-electron chi connectivity index (χ3n) is 2.46. The Labute approximate surface area is 115 Å². The SMILES string of the molecule is CC(=O)OC[C@H]1OC(ON)[C@H](OC(C)=O)[C@@H]1OC(C)=O. The fourth-order valence-electron chi connectivity index (χ4n) is 1.79. The zero-order chi connectivity index (χ0) is 15.3. The highest BCUT2D eigenvalue weighted by Crippen LogP contribution is 2.27. The topological polar surface area (TPSA) is 123 Å². The Kier molecular flexibility index (Phi) is 5.86. The van der Waals surface area contributed by atoms with Crippen molar-refractivity contribution in [1.29, 1.82) is 0 Å². The molecule has 4 atom stereocenters. The first-order chi connectivity index (χ1) is 9.35. The van der Waals surface area contributed by atoms with E-state index in [0.717, 1.165) is 0 Å². The van der Waals surface area contributed by atoms with Crippen LogP contribution in [-0.4, -0.2) is 49.1 Å². The molecule has 9 nitrogen and oxygen atoms in total. The molecule has 0 amide bonds. The highest BCUT2D eigenvalue weighted by molar-refractivity contribution is 5.67. The molecule has 1 aliphatic rings. The fraction of sp³-hybridized carbons (Fsp3) is 0.727. The standard InChI is InChI=1S/C11H17NO8/c1-5(13)16-4-8-9(17-6(2)14)10(18-7(3)15)11(19-8)20-12/h8-11H,4,12H2,1-3H3/t8-,9-,10-,11?/m1/s1. The van der Waals surface area contributed by atoms with Crippen molar-refractivity contribution in [3.05, 3.63) is 0 Å². The van der Waals surface area contributed by atoms with Gasteiger partial charge < -0.3 is 18.9 Å². The first-order valence-electron chi connectivity index (χ1n) is 5.84. The minimum atomic E-state index is -1.12. The zero-order valence-electron chi connectivity index (χ0n) is 11.4. The summed E-state index contributed by atoms with van der Waals surface area (Å²) < 4.78 is 20.1. The molecule has 1 unspecified atom stereocenters. The number of nitrogens with two attached hydrogens (primary N) is 1. The average molecular weight is 291 g/mol. The maximum Gasteiger partial charge on any atom is 0.303 e. The van der Waals surface area contributed by atoms with E-state index in [-0.39, 0.29) is 6.61 Å². The van der Waals surface area contributed by atoms with Crippen molar-refractivity contribution in [2.75, 3.05) is 6.61 Å². The van der Waals surface area contributed by atoms with Crippen LogP contribution in [-0.2, 0) is 38.2 Å². The van der Waals surface area contributed by atoms with Crippen molar-refractivity contribution in [2.24, 2.45) is 5.90 Å². The van der Waals surface area contributed by atoms with Gasteiger partial charge in [-0.3, -0.25) is 19.2 Å². The van der Waals surface area contributed by atoms with Crippen molar-refractivity contribution in [3.63, 3.8) is 0 Å². The number of rotatable bonds is 5. The molecule has 0 aliphatic carbocycles. The molecular weight excluding hydrogens is 274 g/mol. The summed E-state index contributed by atoms with van der Waals surface area (Å²) in [5, 5.41) is 0. The summed E-state index contributed by atoms with van der Waals surface area (Å²) in [6.07, 6.45) is -3.99. The van der Waals surface area contributed by atoms with Gasteiger partial charge in [0.15, 0.2) is 12.2 Å². The molecule has 114 valence electrons. The molecule has 1 rings (SSSR count). The van der Waals surface area contributed by atoms with Gasteiger partial charge in [0.25, 0.3) is 0 Å². The second kappa shape index (κ2) is 7.17. The number of hydrogen-bond acceptors (Lipinski definition) is 9. The molecule has 2 N–H and O–H groups in total. The lowest BCUT2D eigenvalue weighted by Gasteiger charge is -2.22. The van der Waals surface area contributed by atoms with Gasteiger partial charge in [0.05, 0.1) is 0 Å². The highest BCUT2D eigenvalue weighted by atomic mass is 16.8. The van der Waals surface area contributed by atoms with Gasteiger partial charge in [-0.2, -0.15) is 0 Å². The third-order valence-corrected chi connectivity index (χ3v) is 2.46. The van der Waals surface area contributed by atoms with Crippen LogP contribution in [0.25, 0.3) is 0 Å². The Bertz CT molecular complexity index is 385. The van der Waals surface area contributed by atoms with E-state index in [2.05, 4.69) is 4.84 Å². The molecule has 0 aromatic carbocycles. The molecule has 20 heavy (non-hydrogen) atoms. The van der Waals surface area contributed by atoms with Crippen molar-refractivity contribution in [2.45, 2.75) is 45.4 Å². The van der Waals surface area contributed by atoms with E-state index in [0.29, 0.717) is 0 Å². The zero-order valence-corrected chi connectivity index (χ0v) is 11.4. The van der Waals surface area contributed by atoms with Gasteiger partial charge in [-0.15, -0.1) is 0 Å². The summed E-state index contributed by atoms with van der Waals surface area (Å²) in [6, 6.07) is 0. The van der Waals surface area contributed by atoms with Crippen LogP contribution in [0.3, 0.4) is 0 Å². The maximum atomic E-state index is 11.1. The largest absolute Gasteiger partial charge is 0.463 e. The highest BCUT2D eigenvalue weighted by Gasteiger charge is 2.50. The second-order valence-electron chi connectivity index (χ2n) is 4.13. The number of esters is 3. The van der Waals surface area contributed by atoms with E-state index in [4.69, 9.17) is 24.8 Å². The molecule has 1 heterocycles. The summed E-state index contributed by atoms with van der Waals surface area (Å²) in [4.78, 5) is 37.5. The summed E-state index contributed by atoms with van der Waals surface area (Å²) in [5.74, 6) is 3.29. The quantitative estimate of drug-likeness (QED) is 0.387. The van der Waals surface area contributed by atoms with Crippen molar-refractivity contribution < 1.29 is 38.2 Å². The normalized spacial score (nSPS) is 28.8. The Morgan fingerprint density at radius 1 is 1.00 bits per heavy atom. The van der Waals surface area contributed by atoms with Crippen LogP contribution in [0.4, 0.5) is 0 Å². The minimum absolute atomic E-state index is 0.190. The van der Waals surface area contributed by atoms with Crippen LogP contribution in [0.5, 0.6) is 0 Å². The molecule has 9 heteroatoms. The molecular formula is C11H17NO8. The molecule has 1 saturated heterocycles. The second-order valence-corrected chi connectivity index (χ2v) is 4.13. The lowest BCUT2D eigenvalue weighted by atomic mass is 10.1. The van der Waals surface area contributed by atoms with E-state index >= 15 is 0 Å². The molecule has 0 aromatic heterocycles. The summed E-state index contributed by atoms with van der Waals surface area (Å²) in [6.45, 7) is 3.39. The summed E-state index contributed by atoms with van der Waals surface area (Å²) in [7, 11) is 0. The molecule has 0 aromatic rings. The van der Waals surface area contributed by atoms with Crippen LogP contribution in [0.1, 0.15) is 20.8 Å². The Morgan fingerprint density at radius 2 is 1.55 bits per heavy atom. The van der Waals surface area contributed by atoms with Crippen LogP contribution in [0.2, 0.25) is 0 Å². The summed E-state index contributed by atoms with van der Waals surface area (Å²) in [5.41, 5.74) is 0. The molecule has 1 fully saturated rings. The van der Waals surface area contributed by atoms with Gasteiger partial charge >= 0.3 is 17.9 Å². The molecule has 0 radical (unpaired) electrons. The molecule has 0 spiro atoms. The Morgan fingerprint density at radius 3 is 2.00 bits per heavy atom. The Hall–Kier alpha value is -1.71.